The Morgan fingerprint density at radius 1 is 0.125 bits per heavy atom. The summed E-state index contributed by atoms with van der Waals surface area (Å²) in [6, 6.07) is 148. The summed E-state index contributed by atoms with van der Waals surface area (Å²) >= 11 is 0. The molecule has 0 atom stereocenters. The molecule has 0 unspecified atom stereocenters. The fraction of sp³-hybridized carbons (Fsp3) is 0. The minimum atomic E-state index is 0.483. The number of para-hydroxylation sites is 14. The second-order valence-corrected chi connectivity index (χ2v) is 33.4. The van der Waals surface area contributed by atoms with Gasteiger partial charge >= 0.3 is 0 Å². The molecule has 0 amide bonds. The Kier molecular flexibility index (Phi) is 14.7. The molecular formula is C114H68N14. The summed E-state index contributed by atoms with van der Waals surface area (Å²) in [7, 11) is 0. The van der Waals surface area contributed by atoms with Crippen LogP contribution in [0.25, 0.3) is 255 Å². The normalized spacial score (nSPS) is 12.2. The van der Waals surface area contributed by atoms with Gasteiger partial charge in [0.25, 0.3) is 0 Å². The molecule has 0 saturated carbocycles. The Balaban J connectivity index is 0.646. The van der Waals surface area contributed by atoms with Gasteiger partial charge in [-0.3, -0.25) is 27.4 Å². The second-order valence-electron chi connectivity index (χ2n) is 33.4. The lowest BCUT2D eigenvalue weighted by Gasteiger charge is -2.17. The molecule has 14 nitrogen and oxygen atoms in total. The topological polar surface area (TPSA) is 117 Å². The highest BCUT2D eigenvalue weighted by atomic mass is 15.2. The zero-order chi connectivity index (χ0) is 83.5. The van der Waals surface area contributed by atoms with Gasteiger partial charge in [0.15, 0.2) is 0 Å². The van der Waals surface area contributed by atoms with Crippen LogP contribution in [0.5, 0.6) is 0 Å². The second kappa shape index (κ2) is 26.9. The van der Waals surface area contributed by atoms with Crippen molar-refractivity contribution in [3.63, 3.8) is 0 Å². The zero-order valence-corrected chi connectivity index (χ0v) is 68.5. The van der Waals surface area contributed by atoms with Crippen molar-refractivity contribution < 1.29 is 0 Å². The highest BCUT2D eigenvalue weighted by Gasteiger charge is 2.28. The van der Waals surface area contributed by atoms with E-state index in [1.54, 1.807) is 0 Å². The number of fused-ring (bicyclic) bond motifs is 24. The molecule has 0 aliphatic rings. The van der Waals surface area contributed by atoms with Crippen molar-refractivity contribution in [2.45, 2.75) is 0 Å². The van der Waals surface area contributed by atoms with Gasteiger partial charge in [0.1, 0.15) is 17.5 Å². The molecule has 0 N–H and O–H groups in total. The maximum Gasteiger partial charge on any atom is 0.237 e. The molecule has 0 aliphatic carbocycles. The third-order valence-corrected chi connectivity index (χ3v) is 26.5. The van der Waals surface area contributed by atoms with Crippen LogP contribution in [-0.4, -0.2) is 66.4 Å². The average molecular weight is 1630 g/mol. The van der Waals surface area contributed by atoms with E-state index in [0.717, 1.165) is 192 Å². The van der Waals surface area contributed by atoms with Crippen molar-refractivity contribution in [3.05, 3.63) is 413 Å². The highest BCUT2D eigenvalue weighted by Crippen LogP contribution is 2.46. The molecule has 0 bridgehead atoms. The van der Waals surface area contributed by atoms with Crippen LogP contribution in [-0.2, 0) is 0 Å². The van der Waals surface area contributed by atoms with Crippen molar-refractivity contribution in [2.24, 2.45) is 0 Å². The minimum Gasteiger partial charge on any atom is -0.309 e. The van der Waals surface area contributed by atoms with E-state index in [4.69, 9.17) is 29.9 Å². The predicted octanol–water partition coefficient (Wildman–Crippen LogP) is 27.8. The lowest BCUT2D eigenvalue weighted by Crippen LogP contribution is -2.10. The van der Waals surface area contributed by atoms with Crippen LogP contribution in [0, 0.1) is 0 Å². The van der Waals surface area contributed by atoms with E-state index in [9.17, 15) is 0 Å². The first-order valence-corrected chi connectivity index (χ1v) is 43.3. The van der Waals surface area contributed by atoms with Gasteiger partial charge in [0.2, 0.25) is 17.8 Å². The molecule has 17 aromatic carbocycles. The van der Waals surface area contributed by atoms with E-state index < -0.39 is 0 Å². The Morgan fingerprint density at radius 2 is 0.312 bits per heavy atom. The van der Waals surface area contributed by atoms with Gasteiger partial charge < -0.3 is 9.13 Å². The average Bonchev–Trinajstić information content (AvgIpc) is 1.57. The molecule has 28 rings (SSSR count). The predicted molar refractivity (Wildman–Crippen MR) is 524 cm³/mol. The molecular weight excluding hydrogens is 1570 g/mol. The summed E-state index contributed by atoms with van der Waals surface area (Å²) in [4.78, 5) is 34.7. The summed E-state index contributed by atoms with van der Waals surface area (Å²) in [6.07, 6.45) is 0. The maximum atomic E-state index is 5.85. The monoisotopic (exact) mass is 1630 g/mol. The number of aromatic nitrogens is 14. The Labute approximate surface area is 729 Å². The first-order chi connectivity index (χ1) is 63.5. The third-order valence-electron chi connectivity index (χ3n) is 26.5. The molecule has 11 aromatic heterocycles. The van der Waals surface area contributed by atoms with E-state index in [1.807, 2.05) is 0 Å². The molecule has 0 fully saturated rings. The zero-order valence-electron chi connectivity index (χ0n) is 68.5. The quantitative estimate of drug-likeness (QED) is 0.127. The first kappa shape index (κ1) is 70.0. The summed E-state index contributed by atoms with van der Waals surface area (Å²) in [6.45, 7) is 0. The van der Waals surface area contributed by atoms with Gasteiger partial charge in [-0.25, -0.2) is 15.0 Å². The van der Waals surface area contributed by atoms with E-state index in [0.29, 0.717) is 40.9 Å². The summed E-state index contributed by atoms with van der Waals surface area (Å²) in [5, 5.41) is 18.0. The maximum absolute atomic E-state index is 5.85. The Bertz CT molecular complexity index is 8520. The van der Waals surface area contributed by atoms with Gasteiger partial charge in [-0.15, -0.1) is 0 Å². The largest absolute Gasteiger partial charge is 0.309 e. The molecule has 11 heterocycles. The molecule has 0 aliphatic heterocycles. The molecule has 28 aromatic rings. The van der Waals surface area contributed by atoms with E-state index in [1.165, 1.54) is 21.5 Å². The van der Waals surface area contributed by atoms with Crippen LogP contribution in [0.3, 0.4) is 0 Å². The lowest BCUT2D eigenvalue weighted by molar-refractivity contribution is 0.930. The highest BCUT2D eigenvalue weighted by molar-refractivity contribution is 6.17. The molecule has 128 heavy (non-hydrogen) atoms. The molecule has 0 saturated heterocycles. The van der Waals surface area contributed by atoms with Gasteiger partial charge in [-0.05, 0) is 139 Å². The van der Waals surface area contributed by atoms with Gasteiger partial charge in [0.05, 0.1) is 105 Å². The Morgan fingerprint density at radius 3 is 0.562 bits per heavy atom. The Hall–Kier alpha value is -17.6. The molecule has 0 spiro atoms. The number of rotatable bonds is 11. The van der Waals surface area contributed by atoms with Gasteiger partial charge in [-0.2, -0.15) is 15.0 Å². The minimum absolute atomic E-state index is 0.483. The first-order valence-electron chi connectivity index (χ1n) is 43.3. The van der Waals surface area contributed by atoms with E-state index in [2.05, 4.69) is 449 Å². The third kappa shape index (κ3) is 10.2. The van der Waals surface area contributed by atoms with Crippen molar-refractivity contribution in [1.29, 1.82) is 0 Å². The summed E-state index contributed by atoms with van der Waals surface area (Å²) < 4.78 is 18.4. The van der Waals surface area contributed by atoms with Crippen LogP contribution in [0.1, 0.15) is 0 Å². The number of nitrogens with zero attached hydrogens (tertiary/aromatic N) is 14. The fourth-order valence-corrected chi connectivity index (χ4v) is 21.1. The van der Waals surface area contributed by atoms with Crippen LogP contribution < -0.4 is 0 Å². The standard InChI is InChI=1S/C114H68N14/c1-15-43-93-74(29-1)75-30-2-16-44-94(75)121(93)72-61-71(62-73(65-72)122-95-45-17-3-31-76(95)77-32-4-18-46-96(77)122)90-66-109(118-112(115-90)126-102-52-24-9-37-82(102)83-38-10-25-53-103(83)126)125-101-51-23-13-41-86(101)88-63-69(57-59-107(88)125)70-58-60-108-89(64-70)87-42-14-28-56-106(87)128(108)114-117-92(68-111(120-114)124-99-49-21-7-35-80(99)81-36-8-22-50-100(81)124)91-67-110(123-97-47-19-5-33-78(97)79-34-6-20-48-98(79)123)119-113(116-91)127-104-54-26-11-39-84(104)85-40-12-27-55-105(85)127/h1-68H. The van der Waals surface area contributed by atoms with Crippen molar-refractivity contribution in [1.82, 2.24) is 66.4 Å². The lowest BCUT2D eigenvalue weighted by atomic mass is 10.0. The smallest absolute Gasteiger partial charge is 0.237 e. The van der Waals surface area contributed by atoms with Gasteiger partial charge in [0, 0.05) is 121 Å². The number of hydrogen-bond donors (Lipinski definition) is 0. The van der Waals surface area contributed by atoms with Crippen LogP contribution in [0.4, 0.5) is 0 Å². The van der Waals surface area contributed by atoms with E-state index >= 15 is 0 Å². The van der Waals surface area contributed by atoms with Crippen molar-refractivity contribution >= 4 is 174 Å². The van der Waals surface area contributed by atoms with Gasteiger partial charge in [-0.1, -0.05) is 267 Å². The molecule has 0 radical (unpaired) electrons. The molecule has 14 heteroatoms. The fourth-order valence-electron chi connectivity index (χ4n) is 21.1. The van der Waals surface area contributed by atoms with Crippen LogP contribution in [0.2, 0.25) is 0 Å². The SMILES string of the molecule is c1ccc2c(c1)c1ccccc1n2-c1cc(-c2cc(-n3c4ccccc4c4cc(-c5ccc6c(c5)c5ccccc5n6-c5nc(-c6cc(-n7c8ccccc8c8ccccc87)nc(-n7c8ccccc8c8ccccc87)n6)cc(-n6c7ccccc7c7ccccc76)n5)ccc43)nc(-n3c4ccccc4c4ccccc43)n2)cc(-n2c3ccccc3c3ccccc32)c1. The van der Waals surface area contributed by atoms with Crippen LogP contribution >= 0.6 is 0 Å². The summed E-state index contributed by atoms with van der Waals surface area (Å²) in [5.74, 6) is 3.64. The van der Waals surface area contributed by atoms with Crippen molar-refractivity contribution in [2.75, 3.05) is 0 Å². The summed E-state index contributed by atoms with van der Waals surface area (Å²) in [5.41, 5.74) is 23.5. The van der Waals surface area contributed by atoms with Crippen molar-refractivity contribution in [3.8, 4) is 80.4 Å². The van der Waals surface area contributed by atoms with E-state index in [-0.39, 0.29) is 0 Å². The van der Waals surface area contributed by atoms with Crippen LogP contribution in [0.15, 0.2) is 413 Å². The number of hydrogen-bond acceptors (Lipinski definition) is 6. The number of benzene rings is 17. The molecule has 594 valence electrons.